The van der Waals surface area contributed by atoms with E-state index in [1.807, 2.05) is 72.8 Å². The van der Waals surface area contributed by atoms with Crippen molar-refractivity contribution in [1.82, 2.24) is 24.9 Å². The maximum atomic E-state index is 12.6. The number of aromatic nitrogens is 4. The smallest absolute Gasteiger partial charge is 0.233 e. The lowest BCUT2D eigenvalue weighted by Crippen LogP contribution is -2.32. The maximum absolute atomic E-state index is 12.6. The Labute approximate surface area is 173 Å². The molecule has 6 nitrogen and oxygen atoms in total. The number of para-hydroxylation sites is 1. The Hall–Kier alpha value is -2.93. The number of hydrogen-bond donors (Lipinski definition) is 1. The van der Waals surface area contributed by atoms with E-state index in [1.54, 1.807) is 0 Å². The predicted octanol–water partition coefficient (Wildman–Crippen LogP) is 4.34. The molecular formula is C22H23N5OS. The number of nitrogens with zero attached hydrogens (tertiary/aromatic N) is 4. The molecule has 0 aliphatic carbocycles. The van der Waals surface area contributed by atoms with Crippen LogP contribution in [0, 0.1) is 0 Å². The van der Waals surface area contributed by atoms with Crippen molar-refractivity contribution in [2.45, 2.75) is 37.1 Å². The normalized spacial score (nSPS) is 12.3. The van der Waals surface area contributed by atoms with Crippen LogP contribution in [0.4, 0.5) is 0 Å². The molecule has 0 fully saturated rings. The van der Waals surface area contributed by atoms with Gasteiger partial charge in [0.2, 0.25) is 5.91 Å². The summed E-state index contributed by atoms with van der Waals surface area (Å²) in [5.41, 5.74) is 2.60. The van der Waals surface area contributed by atoms with Crippen molar-refractivity contribution in [2.24, 2.45) is 0 Å². The van der Waals surface area contributed by atoms with Crippen LogP contribution < -0.4 is 5.32 Å². The van der Waals surface area contributed by atoms with Crippen molar-refractivity contribution >= 4 is 34.2 Å². The van der Waals surface area contributed by atoms with Crippen molar-refractivity contribution in [3.05, 3.63) is 54.6 Å². The first-order valence-corrected chi connectivity index (χ1v) is 10.7. The molecule has 0 saturated heterocycles. The van der Waals surface area contributed by atoms with Crippen LogP contribution in [-0.2, 0) is 4.79 Å². The van der Waals surface area contributed by atoms with Gasteiger partial charge in [0, 0.05) is 17.5 Å². The van der Waals surface area contributed by atoms with Crippen LogP contribution in [0.3, 0.4) is 0 Å². The zero-order valence-corrected chi connectivity index (χ0v) is 17.3. The number of carbonyl (C=O) groups excluding carboxylic acids is 1. The van der Waals surface area contributed by atoms with E-state index in [-0.39, 0.29) is 11.2 Å². The van der Waals surface area contributed by atoms with Gasteiger partial charge in [-0.3, -0.25) is 9.20 Å². The quantitative estimate of drug-likeness (QED) is 0.463. The molecule has 1 atom stereocenters. The molecular weight excluding hydrogens is 382 g/mol. The van der Waals surface area contributed by atoms with Gasteiger partial charge in [-0.05, 0) is 25.0 Å². The summed E-state index contributed by atoms with van der Waals surface area (Å²) >= 11 is 1.44. The first kappa shape index (κ1) is 19.4. The van der Waals surface area contributed by atoms with Gasteiger partial charge in [-0.15, -0.1) is 10.2 Å². The number of amides is 1. The van der Waals surface area contributed by atoms with Crippen LogP contribution in [0.15, 0.2) is 59.8 Å². The number of rotatable bonds is 7. The van der Waals surface area contributed by atoms with E-state index in [4.69, 9.17) is 4.98 Å². The Bertz CT molecular complexity index is 1140. The minimum absolute atomic E-state index is 0.0334. The van der Waals surface area contributed by atoms with Gasteiger partial charge in [-0.25, -0.2) is 4.98 Å². The lowest BCUT2D eigenvalue weighted by molar-refractivity contribution is -0.120. The Balaban J connectivity index is 1.85. The van der Waals surface area contributed by atoms with Crippen LogP contribution in [0.1, 0.15) is 26.7 Å². The summed E-state index contributed by atoms with van der Waals surface area (Å²) in [5, 5.41) is 13.3. The van der Waals surface area contributed by atoms with Crippen LogP contribution in [0.25, 0.3) is 27.9 Å². The largest absolute Gasteiger partial charge is 0.355 e. The highest BCUT2D eigenvalue weighted by Crippen LogP contribution is 2.31. The molecule has 2 aromatic carbocycles. The first-order chi connectivity index (χ1) is 14.2. The number of benzene rings is 2. The fourth-order valence-electron chi connectivity index (χ4n) is 3.23. The molecule has 2 heterocycles. The van der Waals surface area contributed by atoms with E-state index >= 15 is 0 Å². The highest BCUT2D eigenvalue weighted by Gasteiger charge is 2.23. The minimum atomic E-state index is -0.232. The zero-order chi connectivity index (χ0) is 20.2. The third-order valence-corrected chi connectivity index (χ3v) is 6.02. The molecule has 0 spiro atoms. The summed E-state index contributed by atoms with van der Waals surface area (Å²) in [6.45, 7) is 4.74. The molecule has 1 N–H and O–H groups in total. The number of fused-ring (bicyclic) bond motifs is 3. The molecule has 7 heteroatoms. The first-order valence-electron chi connectivity index (χ1n) is 9.86. The lowest BCUT2D eigenvalue weighted by atomic mass is 10.2. The molecule has 0 bridgehead atoms. The van der Waals surface area contributed by atoms with Crippen LogP contribution in [-0.4, -0.2) is 37.3 Å². The van der Waals surface area contributed by atoms with Gasteiger partial charge in [-0.1, -0.05) is 68.1 Å². The summed E-state index contributed by atoms with van der Waals surface area (Å²) in [7, 11) is 0. The molecule has 0 radical (unpaired) electrons. The average molecular weight is 406 g/mol. The van der Waals surface area contributed by atoms with E-state index in [9.17, 15) is 4.79 Å². The van der Waals surface area contributed by atoms with Crippen LogP contribution in [0.2, 0.25) is 0 Å². The third kappa shape index (κ3) is 3.82. The van der Waals surface area contributed by atoms with Gasteiger partial charge in [-0.2, -0.15) is 0 Å². The zero-order valence-electron chi connectivity index (χ0n) is 16.5. The second-order valence-electron chi connectivity index (χ2n) is 6.77. The highest BCUT2D eigenvalue weighted by molar-refractivity contribution is 8.00. The van der Waals surface area contributed by atoms with E-state index in [1.165, 1.54) is 11.8 Å². The van der Waals surface area contributed by atoms with E-state index in [2.05, 4.69) is 15.5 Å². The predicted molar refractivity (Wildman–Crippen MR) is 117 cm³/mol. The Morgan fingerprint density at radius 3 is 2.59 bits per heavy atom. The van der Waals surface area contributed by atoms with Crippen molar-refractivity contribution in [3.63, 3.8) is 0 Å². The van der Waals surface area contributed by atoms with E-state index < -0.39 is 0 Å². The second kappa shape index (κ2) is 8.61. The van der Waals surface area contributed by atoms with Crippen molar-refractivity contribution in [3.8, 4) is 11.4 Å². The van der Waals surface area contributed by atoms with Crippen molar-refractivity contribution < 1.29 is 4.79 Å². The molecule has 1 amide bonds. The minimum Gasteiger partial charge on any atom is -0.355 e. The molecule has 4 rings (SSSR count). The number of nitrogens with one attached hydrogen (secondary N) is 1. The van der Waals surface area contributed by atoms with Gasteiger partial charge < -0.3 is 5.32 Å². The molecule has 0 unspecified atom stereocenters. The molecule has 0 saturated carbocycles. The fraction of sp³-hybridized carbons (Fsp3) is 0.273. The van der Waals surface area contributed by atoms with E-state index in [0.29, 0.717) is 18.1 Å². The van der Waals surface area contributed by atoms with Gasteiger partial charge in [0.1, 0.15) is 5.82 Å². The van der Waals surface area contributed by atoms with Gasteiger partial charge in [0.15, 0.2) is 10.8 Å². The molecule has 148 valence electrons. The Kier molecular flexibility index (Phi) is 5.76. The number of hydrogen-bond acceptors (Lipinski definition) is 5. The molecule has 0 aliphatic heterocycles. The summed E-state index contributed by atoms with van der Waals surface area (Å²) < 4.78 is 1.97. The van der Waals surface area contributed by atoms with Gasteiger partial charge >= 0.3 is 0 Å². The maximum Gasteiger partial charge on any atom is 0.233 e. The fourth-order valence-corrected chi connectivity index (χ4v) is 4.21. The second-order valence-corrected chi connectivity index (χ2v) is 7.94. The third-order valence-electron chi connectivity index (χ3n) is 4.71. The summed E-state index contributed by atoms with van der Waals surface area (Å²) in [6.07, 6.45) is 1.62. The van der Waals surface area contributed by atoms with Gasteiger partial charge in [0.25, 0.3) is 0 Å². The van der Waals surface area contributed by atoms with Crippen LogP contribution in [0.5, 0.6) is 0 Å². The number of carbonyl (C=O) groups is 1. The monoisotopic (exact) mass is 405 g/mol. The summed E-state index contributed by atoms with van der Waals surface area (Å²) in [4.78, 5) is 17.5. The summed E-state index contributed by atoms with van der Waals surface area (Å²) in [6, 6.07) is 17.9. The van der Waals surface area contributed by atoms with Crippen LogP contribution >= 0.6 is 11.8 Å². The van der Waals surface area contributed by atoms with Crippen molar-refractivity contribution in [1.29, 1.82) is 0 Å². The molecule has 0 aliphatic rings. The van der Waals surface area contributed by atoms with E-state index in [0.717, 1.165) is 34.4 Å². The topological polar surface area (TPSA) is 72.2 Å². The molecule has 4 aromatic rings. The van der Waals surface area contributed by atoms with Crippen molar-refractivity contribution in [2.75, 3.05) is 6.54 Å². The highest BCUT2D eigenvalue weighted by atomic mass is 32.2. The number of thioether (sulfide) groups is 1. The Morgan fingerprint density at radius 1 is 1.07 bits per heavy atom. The molecule has 2 aromatic heterocycles. The average Bonchev–Trinajstić information content (AvgIpc) is 3.20. The Morgan fingerprint density at radius 2 is 1.83 bits per heavy atom. The molecule has 29 heavy (non-hydrogen) atoms. The SMILES string of the molecule is CCCNC(=O)[C@H](CC)Sc1nnc2c3ccccc3nc(-c3ccccc3)n12. The summed E-state index contributed by atoms with van der Waals surface area (Å²) in [5.74, 6) is 0.807. The lowest BCUT2D eigenvalue weighted by Gasteiger charge is -2.14. The standard InChI is InChI=1S/C22H23N5OS/c1-3-14-23-21(28)18(4-2)29-22-26-25-20-16-12-8-9-13-17(16)24-19(27(20)22)15-10-6-5-7-11-15/h5-13,18H,3-4,14H2,1-2H3,(H,23,28)/t18-/m0/s1. The van der Waals surface area contributed by atoms with Gasteiger partial charge in [0.05, 0.1) is 10.8 Å².